The highest BCUT2D eigenvalue weighted by molar-refractivity contribution is 5.79. The first kappa shape index (κ1) is 22.9. The third kappa shape index (κ3) is 9.22. The average Bonchev–Trinajstić information content (AvgIpc) is 2.64. The van der Waals surface area contributed by atoms with E-state index in [2.05, 4.69) is 52.0 Å². The lowest BCUT2D eigenvalue weighted by molar-refractivity contribution is -0.121. The summed E-state index contributed by atoms with van der Waals surface area (Å²) >= 11 is 0. The predicted molar refractivity (Wildman–Crippen MR) is 122 cm³/mol. The Kier molecular flexibility index (Phi) is 10.0. The Morgan fingerprint density at radius 2 is 1.25 bits per heavy atom. The highest BCUT2D eigenvalue weighted by Gasteiger charge is 2.21. The highest BCUT2D eigenvalue weighted by Crippen LogP contribution is 2.32. The van der Waals surface area contributed by atoms with Gasteiger partial charge in [-0.25, -0.2) is 0 Å². The number of carbonyl (C=O) groups is 1. The fourth-order valence-corrected chi connectivity index (χ4v) is 4.53. The molecule has 0 aromatic carbocycles. The van der Waals surface area contributed by atoms with Crippen LogP contribution in [0.2, 0.25) is 0 Å². The van der Waals surface area contributed by atoms with E-state index >= 15 is 0 Å². The third-order valence-electron chi connectivity index (χ3n) is 6.30. The van der Waals surface area contributed by atoms with Crippen LogP contribution in [-0.4, -0.2) is 5.78 Å². The second-order valence-corrected chi connectivity index (χ2v) is 9.59. The Morgan fingerprint density at radius 1 is 0.821 bits per heavy atom. The summed E-state index contributed by atoms with van der Waals surface area (Å²) < 4.78 is 0. The number of hydrogen-bond acceptors (Lipinski definition) is 1. The van der Waals surface area contributed by atoms with Crippen LogP contribution < -0.4 is 0 Å². The van der Waals surface area contributed by atoms with E-state index in [9.17, 15) is 4.79 Å². The average molecular weight is 383 g/mol. The number of rotatable bonds is 10. The molecule has 0 aromatic heterocycles. The van der Waals surface area contributed by atoms with Crippen LogP contribution in [0.15, 0.2) is 46.6 Å². The van der Waals surface area contributed by atoms with Crippen LogP contribution in [0.5, 0.6) is 0 Å². The summed E-state index contributed by atoms with van der Waals surface area (Å²) in [7, 11) is 0. The summed E-state index contributed by atoms with van der Waals surface area (Å²) in [5.74, 6) is 1.70. The van der Waals surface area contributed by atoms with Crippen molar-refractivity contribution in [1.82, 2.24) is 0 Å². The van der Waals surface area contributed by atoms with Crippen LogP contribution >= 0.6 is 0 Å². The minimum Gasteiger partial charge on any atom is -0.300 e. The molecule has 2 aliphatic carbocycles. The molecule has 2 atom stereocenters. The molecule has 0 spiro atoms. The summed E-state index contributed by atoms with van der Waals surface area (Å²) in [5, 5.41) is 0. The van der Waals surface area contributed by atoms with Crippen LogP contribution in [0.1, 0.15) is 105 Å². The number of Topliss-reactive ketones (excluding diaryl/α,β-unsaturated/α-hetero) is 1. The molecular formula is C27H42O. The number of ketones is 1. The topological polar surface area (TPSA) is 17.1 Å². The second-order valence-electron chi connectivity index (χ2n) is 9.59. The standard InChI is InChI=1S/C27H42O/c1-21(2)7-5-9-23-11-15-25(16-12-23)19-27(28)20-26-17-13-24(14-18-26)10-6-8-22(3)4/h7-8,11,13,25-26H,5-6,9-10,12,14-20H2,1-4H3. The molecular weight excluding hydrogens is 340 g/mol. The normalized spacial score (nSPS) is 22.1. The first-order chi connectivity index (χ1) is 13.4. The first-order valence-electron chi connectivity index (χ1n) is 11.6. The first-order valence-corrected chi connectivity index (χ1v) is 11.6. The number of carbonyl (C=O) groups excluding carboxylic acids is 1. The quantitative estimate of drug-likeness (QED) is 0.347. The zero-order valence-corrected chi connectivity index (χ0v) is 18.9. The van der Waals surface area contributed by atoms with E-state index in [0.29, 0.717) is 17.6 Å². The fraction of sp³-hybridized carbons (Fsp3) is 0.667. The summed E-state index contributed by atoms with van der Waals surface area (Å²) in [6.45, 7) is 8.68. The largest absolute Gasteiger partial charge is 0.300 e. The van der Waals surface area contributed by atoms with Crippen LogP contribution in [0, 0.1) is 11.8 Å². The molecule has 0 saturated heterocycles. The van der Waals surface area contributed by atoms with Crippen molar-refractivity contribution in [2.75, 3.05) is 0 Å². The Balaban J connectivity index is 1.65. The van der Waals surface area contributed by atoms with Crippen molar-refractivity contribution in [3.05, 3.63) is 46.6 Å². The smallest absolute Gasteiger partial charge is 0.133 e. The lowest BCUT2D eigenvalue weighted by atomic mass is 9.81. The van der Waals surface area contributed by atoms with Crippen LogP contribution in [0.4, 0.5) is 0 Å². The van der Waals surface area contributed by atoms with E-state index in [1.807, 2.05) is 0 Å². The SMILES string of the molecule is CC(C)=CCCC1=CCC(CC(=O)CC2CC=C(CCC=C(C)C)CC2)CC1. The van der Waals surface area contributed by atoms with Gasteiger partial charge in [0.15, 0.2) is 0 Å². The van der Waals surface area contributed by atoms with Gasteiger partial charge < -0.3 is 0 Å². The minimum absolute atomic E-state index is 0.512. The van der Waals surface area contributed by atoms with Gasteiger partial charge in [0, 0.05) is 12.8 Å². The monoisotopic (exact) mass is 382 g/mol. The van der Waals surface area contributed by atoms with Gasteiger partial charge in [-0.1, -0.05) is 46.6 Å². The minimum atomic E-state index is 0.512. The van der Waals surface area contributed by atoms with Gasteiger partial charge in [0.25, 0.3) is 0 Å². The van der Waals surface area contributed by atoms with E-state index in [0.717, 1.165) is 25.7 Å². The van der Waals surface area contributed by atoms with Crippen molar-refractivity contribution >= 4 is 5.78 Å². The van der Waals surface area contributed by atoms with E-state index in [1.165, 1.54) is 62.5 Å². The molecule has 1 heteroatoms. The van der Waals surface area contributed by atoms with Gasteiger partial charge >= 0.3 is 0 Å². The van der Waals surface area contributed by atoms with Gasteiger partial charge in [0.2, 0.25) is 0 Å². The van der Waals surface area contributed by atoms with Gasteiger partial charge in [0.1, 0.15) is 5.78 Å². The van der Waals surface area contributed by atoms with Crippen molar-refractivity contribution in [3.63, 3.8) is 0 Å². The van der Waals surface area contributed by atoms with Crippen molar-refractivity contribution in [1.29, 1.82) is 0 Å². The predicted octanol–water partition coefficient (Wildman–Crippen LogP) is 8.28. The molecule has 0 bridgehead atoms. The molecule has 2 rings (SSSR count). The highest BCUT2D eigenvalue weighted by atomic mass is 16.1. The van der Waals surface area contributed by atoms with Gasteiger partial charge in [0.05, 0.1) is 0 Å². The molecule has 1 nitrogen and oxygen atoms in total. The molecule has 0 amide bonds. The molecule has 28 heavy (non-hydrogen) atoms. The van der Waals surface area contributed by atoms with Crippen LogP contribution in [-0.2, 0) is 4.79 Å². The van der Waals surface area contributed by atoms with Crippen molar-refractivity contribution in [3.8, 4) is 0 Å². The van der Waals surface area contributed by atoms with E-state index < -0.39 is 0 Å². The van der Waals surface area contributed by atoms with E-state index in [1.54, 1.807) is 11.1 Å². The van der Waals surface area contributed by atoms with Crippen molar-refractivity contribution < 1.29 is 4.79 Å². The van der Waals surface area contributed by atoms with Gasteiger partial charge in [-0.05, 0) is 104 Å². The molecule has 0 aliphatic heterocycles. The molecule has 0 heterocycles. The van der Waals surface area contributed by atoms with Gasteiger partial charge in [-0.15, -0.1) is 0 Å². The maximum Gasteiger partial charge on any atom is 0.133 e. The molecule has 156 valence electrons. The lowest BCUT2D eigenvalue weighted by Crippen LogP contribution is -2.16. The lowest BCUT2D eigenvalue weighted by Gasteiger charge is -2.24. The summed E-state index contributed by atoms with van der Waals surface area (Å²) in [5.41, 5.74) is 6.05. The summed E-state index contributed by atoms with van der Waals surface area (Å²) in [6, 6.07) is 0. The Hall–Kier alpha value is -1.37. The van der Waals surface area contributed by atoms with Gasteiger partial charge in [-0.2, -0.15) is 0 Å². The fourth-order valence-electron chi connectivity index (χ4n) is 4.53. The van der Waals surface area contributed by atoms with Crippen molar-refractivity contribution in [2.24, 2.45) is 11.8 Å². The summed E-state index contributed by atoms with van der Waals surface area (Å²) in [4.78, 5) is 12.6. The molecule has 2 unspecified atom stereocenters. The Morgan fingerprint density at radius 3 is 1.57 bits per heavy atom. The van der Waals surface area contributed by atoms with Crippen molar-refractivity contribution in [2.45, 2.75) is 105 Å². The Bertz CT molecular complexity index is 567. The molecule has 0 N–H and O–H groups in total. The molecule has 2 aliphatic rings. The third-order valence-corrected chi connectivity index (χ3v) is 6.30. The zero-order valence-electron chi connectivity index (χ0n) is 18.9. The summed E-state index contributed by atoms with van der Waals surface area (Å²) in [6.07, 6.45) is 23.0. The van der Waals surface area contributed by atoms with Crippen LogP contribution in [0.25, 0.3) is 0 Å². The molecule has 0 fully saturated rings. The number of hydrogen-bond donors (Lipinski definition) is 0. The van der Waals surface area contributed by atoms with E-state index in [-0.39, 0.29) is 0 Å². The molecule has 0 saturated carbocycles. The van der Waals surface area contributed by atoms with Crippen LogP contribution in [0.3, 0.4) is 0 Å². The van der Waals surface area contributed by atoms with E-state index in [4.69, 9.17) is 0 Å². The number of allylic oxidation sites excluding steroid dienone is 8. The second kappa shape index (κ2) is 12.2. The maximum absolute atomic E-state index is 12.6. The molecule has 0 radical (unpaired) electrons. The maximum atomic E-state index is 12.6. The van der Waals surface area contributed by atoms with Gasteiger partial charge in [-0.3, -0.25) is 4.79 Å². The Labute approximate surface area is 174 Å². The zero-order chi connectivity index (χ0) is 20.4. The molecule has 0 aromatic rings.